The van der Waals surface area contributed by atoms with Gasteiger partial charge in [0.2, 0.25) is 5.95 Å². The van der Waals surface area contributed by atoms with E-state index < -0.39 is 0 Å². The molecule has 5 heteroatoms. The van der Waals surface area contributed by atoms with Gasteiger partial charge in [-0.25, -0.2) is 4.98 Å². The number of hydrogen-bond acceptors (Lipinski definition) is 5. The van der Waals surface area contributed by atoms with Crippen molar-refractivity contribution >= 4 is 34.0 Å². The zero-order valence-corrected chi connectivity index (χ0v) is 16.2. The predicted molar refractivity (Wildman–Crippen MR) is 115 cm³/mol. The average Bonchev–Trinajstić information content (AvgIpc) is 2.68. The SMILES string of the molecule is COc1ccc(Nc2nc(Nc3cc(C)cc(C)c3)nc3ccccc23)cc1. The molecule has 0 aliphatic heterocycles. The molecule has 0 atom stereocenters. The molecule has 0 spiro atoms. The van der Waals surface area contributed by atoms with Crippen molar-refractivity contribution in [2.75, 3.05) is 17.7 Å². The fourth-order valence-electron chi connectivity index (χ4n) is 3.21. The van der Waals surface area contributed by atoms with Crippen molar-refractivity contribution in [3.8, 4) is 5.75 Å². The van der Waals surface area contributed by atoms with Crippen LogP contribution in [0.4, 0.5) is 23.1 Å². The van der Waals surface area contributed by atoms with Crippen LogP contribution in [-0.4, -0.2) is 17.1 Å². The van der Waals surface area contributed by atoms with Crippen LogP contribution in [0.2, 0.25) is 0 Å². The molecule has 3 aromatic carbocycles. The highest BCUT2D eigenvalue weighted by molar-refractivity contribution is 5.92. The van der Waals surface area contributed by atoms with Gasteiger partial charge in [0.1, 0.15) is 11.6 Å². The summed E-state index contributed by atoms with van der Waals surface area (Å²) >= 11 is 0. The zero-order chi connectivity index (χ0) is 19.5. The number of nitrogens with one attached hydrogen (secondary N) is 2. The van der Waals surface area contributed by atoms with Gasteiger partial charge in [0.15, 0.2) is 0 Å². The van der Waals surface area contributed by atoms with Crippen LogP contribution in [-0.2, 0) is 0 Å². The van der Waals surface area contributed by atoms with Crippen LogP contribution in [0.25, 0.3) is 10.9 Å². The van der Waals surface area contributed by atoms with Gasteiger partial charge in [0.05, 0.1) is 12.6 Å². The van der Waals surface area contributed by atoms with Crippen molar-refractivity contribution in [1.29, 1.82) is 0 Å². The van der Waals surface area contributed by atoms with Crippen LogP contribution >= 0.6 is 0 Å². The fourth-order valence-corrected chi connectivity index (χ4v) is 3.21. The Labute approximate surface area is 164 Å². The molecule has 2 N–H and O–H groups in total. The fraction of sp³-hybridized carbons (Fsp3) is 0.130. The number of para-hydroxylation sites is 1. The first-order chi connectivity index (χ1) is 13.6. The molecule has 0 amide bonds. The third kappa shape index (κ3) is 3.88. The van der Waals surface area contributed by atoms with E-state index in [4.69, 9.17) is 9.72 Å². The molecule has 0 fully saturated rings. The highest BCUT2D eigenvalue weighted by Crippen LogP contribution is 2.27. The molecule has 0 saturated heterocycles. The van der Waals surface area contributed by atoms with Crippen LogP contribution in [0.1, 0.15) is 11.1 Å². The van der Waals surface area contributed by atoms with Crippen LogP contribution in [0.15, 0.2) is 66.7 Å². The Morgan fingerprint density at radius 2 is 1.46 bits per heavy atom. The van der Waals surface area contributed by atoms with Crippen molar-refractivity contribution in [2.45, 2.75) is 13.8 Å². The summed E-state index contributed by atoms with van der Waals surface area (Å²) < 4.78 is 5.23. The number of aromatic nitrogens is 2. The number of hydrogen-bond donors (Lipinski definition) is 2. The van der Waals surface area contributed by atoms with E-state index in [1.165, 1.54) is 11.1 Å². The summed E-state index contributed by atoms with van der Waals surface area (Å²) in [4.78, 5) is 9.41. The van der Waals surface area contributed by atoms with E-state index in [1.807, 2.05) is 48.5 Å². The first-order valence-electron chi connectivity index (χ1n) is 9.14. The van der Waals surface area contributed by atoms with Crippen LogP contribution in [0, 0.1) is 13.8 Å². The van der Waals surface area contributed by atoms with Crippen molar-refractivity contribution in [1.82, 2.24) is 9.97 Å². The predicted octanol–water partition coefficient (Wildman–Crippen LogP) is 5.74. The first kappa shape index (κ1) is 17.8. The Balaban J connectivity index is 1.72. The Morgan fingerprint density at radius 1 is 0.750 bits per heavy atom. The van der Waals surface area contributed by atoms with E-state index >= 15 is 0 Å². The molecular formula is C23H22N4O. The Morgan fingerprint density at radius 3 is 2.18 bits per heavy atom. The van der Waals surface area contributed by atoms with Crippen molar-refractivity contribution in [2.24, 2.45) is 0 Å². The van der Waals surface area contributed by atoms with Gasteiger partial charge in [0.25, 0.3) is 0 Å². The summed E-state index contributed by atoms with van der Waals surface area (Å²) in [6.07, 6.45) is 0. The molecule has 0 unspecified atom stereocenters. The number of fused-ring (bicyclic) bond motifs is 1. The first-order valence-corrected chi connectivity index (χ1v) is 9.14. The summed E-state index contributed by atoms with van der Waals surface area (Å²) in [5.74, 6) is 2.12. The van der Waals surface area contributed by atoms with E-state index in [0.29, 0.717) is 5.95 Å². The summed E-state index contributed by atoms with van der Waals surface area (Å²) in [5, 5.41) is 7.70. The molecule has 5 nitrogen and oxygen atoms in total. The molecule has 28 heavy (non-hydrogen) atoms. The van der Waals surface area contributed by atoms with Gasteiger partial charge in [-0.1, -0.05) is 18.2 Å². The highest BCUT2D eigenvalue weighted by Gasteiger charge is 2.09. The summed E-state index contributed by atoms with van der Waals surface area (Å²) in [5.41, 5.74) is 5.17. The molecule has 0 radical (unpaired) electrons. The van der Waals surface area contributed by atoms with Gasteiger partial charge in [-0.2, -0.15) is 4.98 Å². The van der Waals surface area contributed by atoms with Gasteiger partial charge >= 0.3 is 0 Å². The average molecular weight is 370 g/mol. The number of anilines is 4. The van der Waals surface area contributed by atoms with E-state index in [-0.39, 0.29) is 0 Å². The molecule has 4 aromatic rings. The van der Waals surface area contributed by atoms with Gasteiger partial charge in [-0.3, -0.25) is 0 Å². The van der Waals surface area contributed by atoms with Gasteiger partial charge in [0, 0.05) is 16.8 Å². The molecule has 140 valence electrons. The summed E-state index contributed by atoms with van der Waals surface area (Å²) in [6, 6.07) is 22.0. The van der Waals surface area contributed by atoms with Crippen LogP contribution in [0.3, 0.4) is 0 Å². The van der Waals surface area contributed by atoms with E-state index in [2.05, 4.69) is 47.7 Å². The Bertz CT molecular complexity index is 1100. The lowest BCUT2D eigenvalue weighted by atomic mass is 10.1. The van der Waals surface area contributed by atoms with E-state index in [0.717, 1.165) is 33.8 Å². The summed E-state index contributed by atoms with van der Waals surface area (Å²) in [6.45, 7) is 4.16. The number of benzene rings is 3. The molecule has 0 saturated carbocycles. The molecular weight excluding hydrogens is 348 g/mol. The normalized spacial score (nSPS) is 10.7. The number of methoxy groups -OCH3 is 1. The molecule has 4 rings (SSSR count). The summed E-state index contributed by atoms with van der Waals surface area (Å²) in [7, 11) is 1.66. The zero-order valence-electron chi connectivity index (χ0n) is 16.2. The maximum absolute atomic E-state index is 5.23. The number of nitrogens with zero attached hydrogens (tertiary/aromatic N) is 2. The highest BCUT2D eigenvalue weighted by atomic mass is 16.5. The third-order valence-corrected chi connectivity index (χ3v) is 4.43. The molecule has 1 aromatic heterocycles. The minimum absolute atomic E-state index is 0.555. The largest absolute Gasteiger partial charge is 0.497 e. The van der Waals surface area contributed by atoms with Crippen molar-refractivity contribution in [3.63, 3.8) is 0 Å². The topological polar surface area (TPSA) is 59.1 Å². The molecule has 1 heterocycles. The lowest BCUT2D eigenvalue weighted by molar-refractivity contribution is 0.415. The second-order valence-electron chi connectivity index (χ2n) is 6.77. The maximum Gasteiger partial charge on any atom is 0.229 e. The van der Waals surface area contributed by atoms with Crippen molar-refractivity contribution < 1.29 is 4.74 Å². The standard InChI is InChI=1S/C23H22N4O/c1-15-12-16(2)14-18(13-15)25-23-26-21-7-5-4-6-20(21)22(27-23)24-17-8-10-19(28-3)11-9-17/h4-14H,1-3H3,(H2,24,25,26,27). The Kier molecular flexibility index (Phi) is 4.81. The van der Waals surface area contributed by atoms with E-state index in [9.17, 15) is 0 Å². The van der Waals surface area contributed by atoms with E-state index in [1.54, 1.807) is 7.11 Å². The number of aryl methyl sites for hydroxylation is 2. The van der Waals surface area contributed by atoms with Gasteiger partial charge < -0.3 is 15.4 Å². The van der Waals surface area contributed by atoms with Crippen molar-refractivity contribution in [3.05, 3.63) is 77.9 Å². The monoisotopic (exact) mass is 370 g/mol. The van der Waals surface area contributed by atoms with Crippen LogP contribution in [0.5, 0.6) is 5.75 Å². The minimum atomic E-state index is 0.555. The smallest absolute Gasteiger partial charge is 0.229 e. The lowest BCUT2D eigenvalue weighted by Gasteiger charge is -2.13. The minimum Gasteiger partial charge on any atom is -0.497 e. The second kappa shape index (κ2) is 7.56. The molecule has 0 bridgehead atoms. The van der Waals surface area contributed by atoms with Gasteiger partial charge in [-0.15, -0.1) is 0 Å². The number of ether oxygens (including phenoxy) is 1. The molecule has 0 aliphatic rings. The second-order valence-corrected chi connectivity index (χ2v) is 6.77. The van der Waals surface area contributed by atoms with Crippen LogP contribution < -0.4 is 15.4 Å². The molecule has 0 aliphatic carbocycles. The van der Waals surface area contributed by atoms with Gasteiger partial charge in [-0.05, 0) is 73.5 Å². The quantitative estimate of drug-likeness (QED) is 0.469. The maximum atomic E-state index is 5.23. The third-order valence-electron chi connectivity index (χ3n) is 4.43. The lowest BCUT2D eigenvalue weighted by Crippen LogP contribution is -2.02. The number of rotatable bonds is 5. The Hall–Kier alpha value is -3.60.